The van der Waals surface area contributed by atoms with Gasteiger partial charge in [-0.3, -0.25) is 9.59 Å². The van der Waals surface area contributed by atoms with Crippen LogP contribution in [0.15, 0.2) is 54.7 Å². The Hall–Kier alpha value is -3.41. The van der Waals surface area contributed by atoms with Crippen molar-refractivity contribution in [1.29, 1.82) is 0 Å². The summed E-state index contributed by atoms with van der Waals surface area (Å²) in [7, 11) is 0. The number of amides is 2. The number of benzene rings is 2. The highest BCUT2D eigenvalue weighted by molar-refractivity contribution is 6.05. The molecule has 3 aromatic rings. The van der Waals surface area contributed by atoms with E-state index in [1.807, 2.05) is 38.1 Å². The molecule has 2 aromatic carbocycles. The Labute approximate surface area is 164 Å². The largest absolute Gasteiger partial charge is 0.326 e. The van der Waals surface area contributed by atoms with Gasteiger partial charge >= 0.3 is 0 Å². The summed E-state index contributed by atoms with van der Waals surface area (Å²) in [6.07, 6.45) is 2.70. The summed E-state index contributed by atoms with van der Waals surface area (Å²) >= 11 is 0. The van der Waals surface area contributed by atoms with Crippen molar-refractivity contribution in [2.24, 2.45) is 0 Å². The normalized spacial score (nSPS) is 10.5. The number of anilines is 2. The van der Waals surface area contributed by atoms with Gasteiger partial charge in [-0.25, -0.2) is 4.68 Å². The summed E-state index contributed by atoms with van der Waals surface area (Å²) in [5.41, 5.74) is 4.86. The third-order valence-electron chi connectivity index (χ3n) is 4.47. The number of rotatable bonds is 6. The summed E-state index contributed by atoms with van der Waals surface area (Å²) in [6, 6.07) is 15.1. The third-order valence-corrected chi connectivity index (χ3v) is 4.47. The molecule has 28 heavy (non-hydrogen) atoms. The maximum Gasteiger partial charge on any atom is 0.259 e. The van der Waals surface area contributed by atoms with Crippen molar-refractivity contribution in [2.75, 3.05) is 10.6 Å². The molecule has 0 unspecified atom stereocenters. The fourth-order valence-corrected chi connectivity index (χ4v) is 2.90. The van der Waals surface area contributed by atoms with E-state index in [4.69, 9.17) is 0 Å². The second kappa shape index (κ2) is 8.52. The van der Waals surface area contributed by atoms with Crippen LogP contribution in [0.1, 0.15) is 41.9 Å². The first-order valence-electron chi connectivity index (χ1n) is 9.37. The molecule has 0 bridgehead atoms. The zero-order valence-electron chi connectivity index (χ0n) is 16.3. The van der Waals surface area contributed by atoms with E-state index in [9.17, 15) is 9.59 Å². The molecule has 0 atom stereocenters. The van der Waals surface area contributed by atoms with Crippen molar-refractivity contribution < 1.29 is 9.59 Å². The van der Waals surface area contributed by atoms with Crippen LogP contribution in [0.5, 0.6) is 0 Å². The number of aromatic nitrogens is 2. The van der Waals surface area contributed by atoms with Crippen LogP contribution in [0.4, 0.5) is 11.4 Å². The molecule has 0 saturated carbocycles. The van der Waals surface area contributed by atoms with Crippen molar-refractivity contribution >= 4 is 23.2 Å². The highest BCUT2D eigenvalue weighted by Crippen LogP contribution is 2.19. The molecule has 0 aliphatic rings. The van der Waals surface area contributed by atoms with E-state index >= 15 is 0 Å². The summed E-state index contributed by atoms with van der Waals surface area (Å²) in [5.74, 6) is -0.256. The van der Waals surface area contributed by atoms with Crippen LogP contribution in [0.25, 0.3) is 5.69 Å². The maximum absolute atomic E-state index is 12.8. The molecule has 2 amide bonds. The molecule has 2 N–H and O–H groups in total. The smallest absolute Gasteiger partial charge is 0.259 e. The zero-order chi connectivity index (χ0) is 20.1. The van der Waals surface area contributed by atoms with Crippen LogP contribution in [0, 0.1) is 6.92 Å². The molecule has 0 spiro atoms. The predicted octanol–water partition coefficient (Wildman–Crippen LogP) is 4.34. The summed E-state index contributed by atoms with van der Waals surface area (Å²) in [5, 5.41) is 10.1. The van der Waals surface area contributed by atoms with Gasteiger partial charge in [-0.15, -0.1) is 0 Å². The third kappa shape index (κ3) is 4.28. The molecular formula is C22H24N4O2. The number of hydrogen-bond donors (Lipinski definition) is 2. The standard InChI is InChI=1S/C22H24N4O2/c1-4-20-19(14-23-26(20)18-12-6-15(3)7-13-18)22(28)25-17-10-8-16(9-11-17)24-21(27)5-2/h6-14H,4-5H2,1-3H3,(H,24,27)(H,25,28). The molecule has 6 nitrogen and oxygen atoms in total. The number of carbonyl (C=O) groups is 2. The van der Waals surface area contributed by atoms with E-state index in [0.29, 0.717) is 29.8 Å². The van der Waals surface area contributed by atoms with Gasteiger partial charge in [0.05, 0.1) is 23.1 Å². The van der Waals surface area contributed by atoms with Gasteiger partial charge in [0, 0.05) is 17.8 Å². The van der Waals surface area contributed by atoms with Gasteiger partial charge in [0.2, 0.25) is 5.91 Å². The molecule has 0 aliphatic carbocycles. The minimum Gasteiger partial charge on any atom is -0.326 e. The number of nitrogens with zero attached hydrogens (tertiary/aromatic N) is 2. The minimum atomic E-state index is -0.208. The lowest BCUT2D eigenvalue weighted by Gasteiger charge is -2.10. The van der Waals surface area contributed by atoms with Crippen molar-refractivity contribution in [1.82, 2.24) is 9.78 Å². The second-order valence-electron chi connectivity index (χ2n) is 6.54. The molecule has 1 heterocycles. The van der Waals surface area contributed by atoms with E-state index < -0.39 is 0 Å². The maximum atomic E-state index is 12.8. The van der Waals surface area contributed by atoms with Gasteiger partial charge in [0.1, 0.15) is 0 Å². The molecule has 0 saturated heterocycles. The van der Waals surface area contributed by atoms with Crippen LogP contribution in [0.2, 0.25) is 0 Å². The highest BCUT2D eigenvalue weighted by Gasteiger charge is 2.17. The number of aryl methyl sites for hydroxylation is 1. The van der Waals surface area contributed by atoms with E-state index in [1.165, 1.54) is 5.56 Å². The van der Waals surface area contributed by atoms with Crippen molar-refractivity contribution in [3.8, 4) is 5.69 Å². The van der Waals surface area contributed by atoms with Crippen LogP contribution in [0.3, 0.4) is 0 Å². The zero-order valence-corrected chi connectivity index (χ0v) is 16.3. The Morgan fingerprint density at radius 1 is 0.929 bits per heavy atom. The fourth-order valence-electron chi connectivity index (χ4n) is 2.90. The van der Waals surface area contributed by atoms with E-state index in [0.717, 1.165) is 11.4 Å². The Morgan fingerprint density at radius 2 is 1.54 bits per heavy atom. The average Bonchev–Trinajstić information content (AvgIpc) is 3.14. The van der Waals surface area contributed by atoms with Crippen LogP contribution >= 0.6 is 0 Å². The molecule has 6 heteroatoms. The van der Waals surface area contributed by atoms with Crippen molar-refractivity contribution in [2.45, 2.75) is 33.6 Å². The first-order valence-corrected chi connectivity index (χ1v) is 9.37. The Kier molecular flexibility index (Phi) is 5.89. The topological polar surface area (TPSA) is 76.0 Å². The number of hydrogen-bond acceptors (Lipinski definition) is 3. The van der Waals surface area contributed by atoms with Crippen LogP contribution in [-0.4, -0.2) is 21.6 Å². The van der Waals surface area contributed by atoms with Gasteiger partial charge in [0.15, 0.2) is 0 Å². The average molecular weight is 376 g/mol. The van der Waals surface area contributed by atoms with E-state index in [2.05, 4.69) is 15.7 Å². The lowest BCUT2D eigenvalue weighted by molar-refractivity contribution is -0.115. The molecule has 3 rings (SSSR count). The highest BCUT2D eigenvalue weighted by atomic mass is 16.2. The molecule has 0 aliphatic heterocycles. The first kappa shape index (κ1) is 19.4. The Morgan fingerprint density at radius 3 is 2.11 bits per heavy atom. The van der Waals surface area contributed by atoms with Gasteiger partial charge in [-0.1, -0.05) is 31.5 Å². The van der Waals surface area contributed by atoms with Crippen molar-refractivity contribution in [3.63, 3.8) is 0 Å². The summed E-state index contributed by atoms with van der Waals surface area (Å²) < 4.78 is 1.80. The lowest BCUT2D eigenvalue weighted by Crippen LogP contribution is -2.14. The van der Waals surface area contributed by atoms with Crippen LogP contribution in [-0.2, 0) is 11.2 Å². The molecule has 1 aromatic heterocycles. The first-order chi connectivity index (χ1) is 13.5. The fraction of sp³-hybridized carbons (Fsp3) is 0.227. The Bertz CT molecular complexity index is 973. The van der Waals surface area contributed by atoms with Gasteiger partial charge in [0.25, 0.3) is 5.91 Å². The molecule has 144 valence electrons. The van der Waals surface area contributed by atoms with E-state index in [-0.39, 0.29) is 11.8 Å². The number of carbonyl (C=O) groups excluding carboxylic acids is 2. The van der Waals surface area contributed by atoms with Crippen molar-refractivity contribution in [3.05, 3.63) is 71.5 Å². The summed E-state index contributed by atoms with van der Waals surface area (Å²) in [6.45, 7) is 5.83. The lowest BCUT2D eigenvalue weighted by atomic mass is 10.1. The monoisotopic (exact) mass is 376 g/mol. The molecule has 0 radical (unpaired) electrons. The summed E-state index contributed by atoms with van der Waals surface area (Å²) in [4.78, 5) is 24.2. The van der Waals surface area contributed by atoms with E-state index in [1.54, 1.807) is 42.1 Å². The van der Waals surface area contributed by atoms with Gasteiger partial charge < -0.3 is 10.6 Å². The molecule has 0 fully saturated rings. The second-order valence-corrected chi connectivity index (χ2v) is 6.54. The minimum absolute atomic E-state index is 0.0482. The Balaban J connectivity index is 1.77. The molecular weight excluding hydrogens is 352 g/mol. The predicted molar refractivity (Wildman–Crippen MR) is 111 cm³/mol. The van der Waals surface area contributed by atoms with Gasteiger partial charge in [-0.2, -0.15) is 5.10 Å². The van der Waals surface area contributed by atoms with Gasteiger partial charge in [-0.05, 0) is 49.7 Å². The quantitative estimate of drug-likeness (QED) is 0.672. The SMILES string of the molecule is CCC(=O)Nc1ccc(NC(=O)c2cnn(-c3ccc(C)cc3)c2CC)cc1. The van der Waals surface area contributed by atoms with Crippen LogP contribution < -0.4 is 10.6 Å². The number of nitrogens with one attached hydrogen (secondary N) is 2.